The minimum Gasteiger partial charge on any atom is -0.271 e. The van der Waals surface area contributed by atoms with Gasteiger partial charge in [0.05, 0.1) is 5.02 Å². The fourth-order valence-electron chi connectivity index (χ4n) is 2.65. The Labute approximate surface area is 132 Å². The van der Waals surface area contributed by atoms with Crippen LogP contribution in [-0.4, -0.2) is 11.3 Å². The number of fused-ring (bicyclic) bond motifs is 1. The van der Waals surface area contributed by atoms with E-state index in [4.69, 9.17) is 17.4 Å². The van der Waals surface area contributed by atoms with Crippen molar-refractivity contribution in [2.24, 2.45) is 5.84 Å². The Bertz CT molecular complexity index is 625. The molecule has 2 nitrogen and oxygen atoms in total. The lowest BCUT2D eigenvalue weighted by atomic mass is 9.99. The molecule has 0 radical (unpaired) electrons. The minimum atomic E-state index is -0.382. The molecule has 0 aliphatic carbocycles. The molecule has 1 aliphatic rings. The average Bonchev–Trinajstić information content (AvgIpc) is 2.92. The first-order chi connectivity index (χ1) is 10.2. The van der Waals surface area contributed by atoms with Crippen LogP contribution >= 0.6 is 23.4 Å². The van der Waals surface area contributed by atoms with E-state index in [9.17, 15) is 4.39 Å². The molecule has 2 aromatic rings. The van der Waals surface area contributed by atoms with E-state index in [2.05, 4.69) is 23.6 Å². The van der Waals surface area contributed by atoms with Crippen LogP contribution in [0.2, 0.25) is 5.02 Å². The summed E-state index contributed by atoms with van der Waals surface area (Å²) in [5.41, 5.74) is 5.14. The van der Waals surface area contributed by atoms with Crippen molar-refractivity contribution in [3.63, 3.8) is 0 Å². The van der Waals surface area contributed by atoms with Crippen LogP contribution in [0, 0.1) is 5.82 Å². The van der Waals surface area contributed by atoms with Crippen LogP contribution in [0.4, 0.5) is 4.39 Å². The molecule has 3 rings (SSSR count). The second-order valence-corrected chi connectivity index (χ2v) is 6.88. The summed E-state index contributed by atoms with van der Waals surface area (Å²) in [5, 5.41) is 0.504. The molecule has 0 fully saturated rings. The predicted molar refractivity (Wildman–Crippen MR) is 86.0 cm³/mol. The Morgan fingerprint density at radius 1 is 1.33 bits per heavy atom. The third kappa shape index (κ3) is 3.24. The number of hydrazine groups is 1. The van der Waals surface area contributed by atoms with Gasteiger partial charge in [-0.3, -0.25) is 11.3 Å². The maximum absolute atomic E-state index is 13.5. The molecule has 0 saturated heterocycles. The van der Waals surface area contributed by atoms with Crippen molar-refractivity contribution in [2.75, 3.05) is 0 Å². The third-order valence-corrected chi connectivity index (χ3v) is 5.53. The number of thioether (sulfide) groups is 1. The molecule has 5 heteroatoms. The number of halogens is 2. The molecule has 1 aliphatic heterocycles. The molecule has 3 N–H and O–H groups in total. The van der Waals surface area contributed by atoms with Crippen LogP contribution in [0.1, 0.15) is 11.1 Å². The van der Waals surface area contributed by atoms with E-state index in [0.29, 0.717) is 11.7 Å². The number of hydrogen-bond donors (Lipinski definition) is 2. The van der Waals surface area contributed by atoms with Gasteiger partial charge in [-0.05, 0) is 42.2 Å². The largest absolute Gasteiger partial charge is 0.271 e. The highest BCUT2D eigenvalue weighted by atomic mass is 35.5. The maximum atomic E-state index is 13.5. The van der Waals surface area contributed by atoms with Gasteiger partial charge in [0.25, 0.3) is 0 Å². The summed E-state index contributed by atoms with van der Waals surface area (Å²) in [6.07, 6.45) is 1.65. The van der Waals surface area contributed by atoms with Crippen molar-refractivity contribution >= 4 is 23.4 Å². The van der Waals surface area contributed by atoms with Gasteiger partial charge >= 0.3 is 0 Å². The number of rotatable bonds is 4. The SMILES string of the molecule is NNC(Cc1ccc(Cl)c(F)c1)C1Cc2ccccc2S1. The second-order valence-electron chi connectivity index (χ2n) is 5.19. The van der Waals surface area contributed by atoms with Crippen molar-refractivity contribution in [3.8, 4) is 0 Å². The van der Waals surface area contributed by atoms with Gasteiger partial charge in [0.2, 0.25) is 0 Å². The highest BCUT2D eigenvalue weighted by Crippen LogP contribution is 2.38. The molecule has 0 amide bonds. The molecule has 1 heterocycles. The van der Waals surface area contributed by atoms with Gasteiger partial charge in [-0.2, -0.15) is 0 Å². The van der Waals surface area contributed by atoms with Gasteiger partial charge in [-0.25, -0.2) is 4.39 Å². The van der Waals surface area contributed by atoms with Gasteiger partial charge in [0.15, 0.2) is 0 Å². The quantitative estimate of drug-likeness (QED) is 0.667. The normalized spacial score (nSPS) is 18.5. The monoisotopic (exact) mass is 322 g/mol. The molecule has 2 atom stereocenters. The highest BCUT2D eigenvalue weighted by molar-refractivity contribution is 8.00. The first kappa shape index (κ1) is 14.9. The zero-order valence-electron chi connectivity index (χ0n) is 11.4. The van der Waals surface area contributed by atoms with E-state index in [1.54, 1.807) is 6.07 Å². The van der Waals surface area contributed by atoms with E-state index in [0.717, 1.165) is 12.0 Å². The smallest absolute Gasteiger partial charge is 0.142 e. The molecular weight excluding hydrogens is 307 g/mol. The van der Waals surface area contributed by atoms with Crippen LogP contribution in [0.15, 0.2) is 47.4 Å². The number of hydrogen-bond acceptors (Lipinski definition) is 3. The lowest BCUT2D eigenvalue weighted by Crippen LogP contribution is -2.44. The minimum absolute atomic E-state index is 0.0861. The molecule has 21 heavy (non-hydrogen) atoms. The third-order valence-electron chi connectivity index (χ3n) is 3.77. The zero-order chi connectivity index (χ0) is 14.8. The molecular formula is C16H16ClFN2S. The lowest BCUT2D eigenvalue weighted by Gasteiger charge is -2.22. The van der Waals surface area contributed by atoms with E-state index in [1.807, 2.05) is 23.9 Å². The van der Waals surface area contributed by atoms with Crippen LogP contribution in [-0.2, 0) is 12.8 Å². The number of nitrogens with one attached hydrogen (secondary N) is 1. The van der Waals surface area contributed by atoms with Crippen molar-refractivity contribution in [1.29, 1.82) is 0 Å². The zero-order valence-corrected chi connectivity index (χ0v) is 12.9. The van der Waals surface area contributed by atoms with Gasteiger partial charge < -0.3 is 0 Å². The highest BCUT2D eigenvalue weighted by Gasteiger charge is 2.28. The van der Waals surface area contributed by atoms with E-state index in [-0.39, 0.29) is 16.9 Å². The van der Waals surface area contributed by atoms with E-state index < -0.39 is 0 Å². The van der Waals surface area contributed by atoms with Crippen molar-refractivity contribution in [2.45, 2.75) is 29.0 Å². The van der Waals surface area contributed by atoms with Crippen molar-refractivity contribution in [3.05, 3.63) is 64.4 Å². The van der Waals surface area contributed by atoms with Gasteiger partial charge in [-0.15, -0.1) is 11.8 Å². The Balaban J connectivity index is 1.73. The molecule has 0 bridgehead atoms. The van der Waals surface area contributed by atoms with Crippen molar-refractivity contribution < 1.29 is 4.39 Å². The summed E-state index contributed by atoms with van der Waals surface area (Å²) >= 11 is 7.55. The summed E-state index contributed by atoms with van der Waals surface area (Å²) < 4.78 is 13.5. The molecule has 2 aromatic carbocycles. The predicted octanol–water partition coefficient (Wildman–Crippen LogP) is 3.57. The number of benzene rings is 2. The molecule has 2 unspecified atom stereocenters. The topological polar surface area (TPSA) is 38.0 Å². The Hall–Kier alpha value is -1.07. The van der Waals surface area contributed by atoms with Gasteiger partial charge in [-0.1, -0.05) is 35.9 Å². The standard InChI is InChI=1S/C16H16ClFN2S/c17-12-6-5-10(7-13(12)18)8-14(20-19)16-9-11-3-1-2-4-15(11)21-16/h1-7,14,16,20H,8-9,19H2. The second kappa shape index (κ2) is 6.36. The maximum Gasteiger partial charge on any atom is 0.142 e. The van der Waals surface area contributed by atoms with Gasteiger partial charge in [0, 0.05) is 16.2 Å². The molecule has 0 spiro atoms. The van der Waals surface area contributed by atoms with Crippen LogP contribution in [0.5, 0.6) is 0 Å². The fraction of sp³-hybridized carbons (Fsp3) is 0.250. The molecule has 0 aromatic heterocycles. The summed E-state index contributed by atoms with van der Waals surface area (Å²) in [6, 6.07) is 13.4. The summed E-state index contributed by atoms with van der Waals surface area (Å²) in [6.45, 7) is 0. The first-order valence-corrected chi connectivity index (χ1v) is 8.08. The Kier molecular flexibility index (Phi) is 4.50. The average molecular weight is 323 g/mol. The molecule has 0 saturated carbocycles. The number of nitrogens with two attached hydrogens (primary N) is 1. The van der Waals surface area contributed by atoms with E-state index >= 15 is 0 Å². The van der Waals surface area contributed by atoms with Crippen molar-refractivity contribution in [1.82, 2.24) is 5.43 Å². The summed E-state index contributed by atoms with van der Waals surface area (Å²) in [7, 11) is 0. The van der Waals surface area contributed by atoms with Gasteiger partial charge in [0.1, 0.15) is 5.82 Å². The summed E-state index contributed by atoms with van der Waals surface area (Å²) in [4.78, 5) is 1.31. The Morgan fingerprint density at radius 3 is 2.86 bits per heavy atom. The Morgan fingerprint density at radius 2 is 2.14 bits per heavy atom. The fourth-order valence-corrected chi connectivity index (χ4v) is 4.16. The van der Waals surface area contributed by atoms with Crippen LogP contribution in [0.3, 0.4) is 0 Å². The van der Waals surface area contributed by atoms with E-state index in [1.165, 1.54) is 16.5 Å². The summed E-state index contributed by atoms with van der Waals surface area (Å²) in [5.74, 6) is 5.34. The van der Waals surface area contributed by atoms with Crippen LogP contribution < -0.4 is 11.3 Å². The lowest BCUT2D eigenvalue weighted by molar-refractivity contribution is 0.505. The first-order valence-electron chi connectivity index (χ1n) is 6.82. The molecule has 110 valence electrons. The van der Waals surface area contributed by atoms with Crippen LogP contribution in [0.25, 0.3) is 0 Å².